The predicted molar refractivity (Wildman–Crippen MR) is 141 cm³/mol. The van der Waals surface area contributed by atoms with Crippen molar-refractivity contribution in [3.63, 3.8) is 0 Å². The quantitative estimate of drug-likeness (QED) is 0.241. The van der Waals surface area contributed by atoms with Gasteiger partial charge in [-0.15, -0.1) is 0 Å². The molecule has 200 valence electrons. The van der Waals surface area contributed by atoms with Crippen molar-refractivity contribution >= 4 is 18.0 Å². The van der Waals surface area contributed by atoms with Gasteiger partial charge >= 0.3 is 0 Å². The maximum Gasteiger partial charge on any atom is 0.257 e. The number of unbranched alkanes of at least 4 members (excludes halogenated alkanes) is 1. The van der Waals surface area contributed by atoms with Crippen LogP contribution in [0.2, 0.25) is 0 Å². The van der Waals surface area contributed by atoms with Gasteiger partial charge in [0.25, 0.3) is 11.8 Å². The molecular formula is C27H36N4O6. The van der Waals surface area contributed by atoms with Crippen molar-refractivity contribution in [3.05, 3.63) is 53.6 Å². The molecule has 2 N–H and O–H groups in total. The van der Waals surface area contributed by atoms with Crippen LogP contribution >= 0.6 is 0 Å². The lowest BCUT2D eigenvalue weighted by Crippen LogP contribution is -2.50. The number of nitrogens with zero attached hydrogens (tertiary/aromatic N) is 2. The Balaban J connectivity index is 1.55. The lowest BCUT2D eigenvalue weighted by Gasteiger charge is -2.33. The summed E-state index contributed by atoms with van der Waals surface area (Å²) >= 11 is 0. The molecule has 37 heavy (non-hydrogen) atoms. The molecule has 0 spiro atoms. The molecule has 1 fully saturated rings. The fraction of sp³-hybridized carbons (Fsp3) is 0.444. The molecule has 1 aliphatic heterocycles. The topological polar surface area (TPSA) is 111 Å². The number of carbonyl (C=O) groups excluding carboxylic acids is 2. The zero-order valence-corrected chi connectivity index (χ0v) is 21.7. The highest BCUT2D eigenvalue weighted by atomic mass is 16.5. The van der Waals surface area contributed by atoms with Gasteiger partial charge in [0.05, 0.1) is 46.8 Å². The SMILES string of the molecule is COc1cc(/C=N/NC(=O)C(CCCCNC(=O)c2ccccc2)N2CCOCC2)cc(OC)c1OC. The monoisotopic (exact) mass is 512 g/mol. The highest BCUT2D eigenvalue weighted by Crippen LogP contribution is 2.37. The predicted octanol–water partition coefficient (Wildman–Crippen LogP) is 2.46. The lowest BCUT2D eigenvalue weighted by molar-refractivity contribution is -0.128. The van der Waals surface area contributed by atoms with Crippen LogP contribution in [0, 0.1) is 0 Å². The number of hydrazone groups is 1. The largest absolute Gasteiger partial charge is 0.493 e. The van der Waals surface area contributed by atoms with Gasteiger partial charge in [-0.05, 0) is 43.5 Å². The minimum absolute atomic E-state index is 0.0933. The Morgan fingerprint density at radius 2 is 1.70 bits per heavy atom. The van der Waals surface area contributed by atoms with Gasteiger partial charge < -0.3 is 24.3 Å². The summed E-state index contributed by atoms with van der Waals surface area (Å²) in [4.78, 5) is 27.4. The molecule has 0 bridgehead atoms. The maximum atomic E-state index is 13.1. The van der Waals surface area contributed by atoms with Gasteiger partial charge in [-0.3, -0.25) is 14.5 Å². The standard InChI is InChI=1S/C27H36N4O6/c1-34-23-17-20(18-24(35-2)25(23)36-3)19-29-30-27(33)22(31-13-15-37-16-14-31)11-7-8-12-28-26(32)21-9-5-4-6-10-21/h4-6,9-10,17-19,22H,7-8,11-16H2,1-3H3,(H,28,32)(H,30,33)/b29-19+. The molecule has 10 nitrogen and oxygen atoms in total. The molecule has 0 aromatic heterocycles. The van der Waals surface area contributed by atoms with Crippen LogP contribution in [0.25, 0.3) is 0 Å². The van der Waals surface area contributed by atoms with Crippen molar-refractivity contribution in [3.8, 4) is 17.2 Å². The van der Waals surface area contributed by atoms with Gasteiger partial charge in [-0.25, -0.2) is 5.43 Å². The Bertz CT molecular complexity index is 1020. The van der Waals surface area contributed by atoms with Gasteiger partial charge in [-0.2, -0.15) is 5.10 Å². The van der Waals surface area contributed by atoms with E-state index in [0.717, 1.165) is 12.8 Å². The third-order valence-electron chi connectivity index (χ3n) is 6.09. The second-order valence-electron chi connectivity index (χ2n) is 8.47. The Kier molecular flexibility index (Phi) is 11.2. The Labute approximate surface area is 217 Å². The summed E-state index contributed by atoms with van der Waals surface area (Å²) in [5.41, 5.74) is 4.00. The zero-order valence-electron chi connectivity index (χ0n) is 21.7. The fourth-order valence-electron chi connectivity index (χ4n) is 4.15. The van der Waals surface area contributed by atoms with Crippen molar-refractivity contribution < 1.29 is 28.5 Å². The van der Waals surface area contributed by atoms with Gasteiger partial charge in [-0.1, -0.05) is 18.2 Å². The molecule has 3 rings (SSSR count). The van der Waals surface area contributed by atoms with E-state index in [1.807, 2.05) is 18.2 Å². The van der Waals surface area contributed by atoms with E-state index in [9.17, 15) is 9.59 Å². The lowest BCUT2D eigenvalue weighted by atomic mass is 10.1. The normalized spacial score (nSPS) is 14.7. The molecule has 2 amide bonds. The van der Waals surface area contributed by atoms with Gasteiger partial charge in [0.2, 0.25) is 5.75 Å². The van der Waals surface area contributed by atoms with E-state index in [0.29, 0.717) is 67.6 Å². The first kappa shape index (κ1) is 27.9. The molecule has 1 atom stereocenters. The average molecular weight is 513 g/mol. The highest BCUT2D eigenvalue weighted by molar-refractivity contribution is 5.94. The molecule has 1 heterocycles. The van der Waals surface area contributed by atoms with Crippen LogP contribution in [0.5, 0.6) is 17.2 Å². The molecule has 1 unspecified atom stereocenters. The van der Waals surface area contributed by atoms with Crippen LogP contribution in [-0.2, 0) is 9.53 Å². The van der Waals surface area contributed by atoms with Crippen LogP contribution in [0.1, 0.15) is 35.2 Å². The van der Waals surface area contributed by atoms with Crippen LogP contribution < -0.4 is 25.0 Å². The summed E-state index contributed by atoms with van der Waals surface area (Å²) in [6, 6.07) is 12.3. The first-order chi connectivity index (χ1) is 18.1. The molecule has 1 saturated heterocycles. The minimum Gasteiger partial charge on any atom is -0.493 e. The molecular weight excluding hydrogens is 476 g/mol. The number of rotatable bonds is 13. The van der Waals surface area contributed by atoms with Crippen LogP contribution in [0.3, 0.4) is 0 Å². The number of carbonyl (C=O) groups is 2. The number of hydrogen-bond donors (Lipinski definition) is 2. The van der Waals surface area contributed by atoms with Crippen LogP contribution in [0.15, 0.2) is 47.6 Å². The van der Waals surface area contributed by atoms with E-state index in [1.54, 1.807) is 38.5 Å². The molecule has 1 aliphatic rings. The Morgan fingerprint density at radius 3 is 2.32 bits per heavy atom. The molecule has 0 aliphatic carbocycles. The van der Waals surface area contributed by atoms with Crippen molar-refractivity contribution in [1.29, 1.82) is 0 Å². The number of hydrogen-bond acceptors (Lipinski definition) is 8. The van der Waals surface area contributed by atoms with E-state index < -0.39 is 0 Å². The van der Waals surface area contributed by atoms with Crippen molar-refractivity contribution in [1.82, 2.24) is 15.6 Å². The average Bonchev–Trinajstić information content (AvgIpc) is 2.95. The Hall–Kier alpha value is -3.63. The number of ether oxygens (including phenoxy) is 4. The minimum atomic E-state index is -0.342. The zero-order chi connectivity index (χ0) is 26.5. The maximum absolute atomic E-state index is 13.1. The summed E-state index contributed by atoms with van der Waals surface area (Å²) < 4.78 is 21.5. The second-order valence-corrected chi connectivity index (χ2v) is 8.47. The summed E-state index contributed by atoms with van der Waals surface area (Å²) in [6.45, 7) is 3.08. The van der Waals surface area contributed by atoms with Crippen molar-refractivity contribution in [2.45, 2.75) is 25.3 Å². The van der Waals surface area contributed by atoms with E-state index in [2.05, 4.69) is 20.7 Å². The van der Waals surface area contributed by atoms with Gasteiger partial charge in [0.15, 0.2) is 11.5 Å². The molecule has 2 aromatic carbocycles. The summed E-state index contributed by atoms with van der Waals surface area (Å²) in [7, 11) is 4.62. The third-order valence-corrected chi connectivity index (χ3v) is 6.09. The second kappa shape index (κ2) is 14.8. The number of benzene rings is 2. The molecule has 10 heteroatoms. The summed E-state index contributed by atoms with van der Waals surface area (Å²) in [5.74, 6) is 1.21. The van der Waals surface area contributed by atoms with Crippen LogP contribution in [0.4, 0.5) is 0 Å². The highest BCUT2D eigenvalue weighted by Gasteiger charge is 2.27. The third kappa shape index (κ3) is 8.19. The summed E-state index contributed by atoms with van der Waals surface area (Å²) in [6.07, 6.45) is 3.73. The van der Waals surface area contributed by atoms with Crippen LogP contribution in [-0.4, -0.2) is 83.1 Å². The van der Waals surface area contributed by atoms with E-state index in [-0.39, 0.29) is 17.9 Å². The number of methoxy groups -OCH3 is 3. The van der Waals surface area contributed by atoms with E-state index in [1.165, 1.54) is 13.3 Å². The van der Waals surface area contributed by atoms with E-state index in [4.69, 9.17) is 18.9 Å². The Morgan fingerprint density at radius 1 is 1.03 bits per heavy atom. The number of amides is 2. The molecule has 0 saturated carbocycles. The van der Waals surface area contributed by atoms with Crippen molar-refractivity contribution in [2.24, 2.45) is 5.10 Å². The van der Waals surface area contributed by atoms with Gasteiger partial charge in [0.1, 0.15) is 0 Å². The molecule has 2 aromatic rings. The summed E-state index contributed by atoms with van der Waals surface area (Å²) in [5, 5.41) is 7.11. The number of morpholine rings is 1. The van der Waals surface area contributed by atoms with E-state index >= 15 is 0 Å². The fourth-order valence-corrected chi connectivity index (χ4v) is 4.15. The number of nitrogens with one attached hydrogen (secondary N) is 2. The molecule has 0 radical (unpaired) electrons. The van der Waals surface area contributed by atoms with Gasteiger partial charge in [0, 0.05) is 30.8 Å². The van der Waals surface area contributed by atoms with Crippen molar-refractivity contribution in [2.75, 3.05) is 54.2 Å². The first-order valence-electron chi connectivity index (χ1n) is 12.3. The smallest absolute Gasteiger partial charge is 0.257 e. The first-order valence-corrected chi connectivity index (χ1v) is 12.3.